The van der Waals surface area contributed by atoms with Gasteiger partial charge in [0, 0.05) is 0 Å². The van der Waals surface area contributed by atoms with Crippen LogP contribution in [0, 0.1) is 4.91 Å². The van der Waals surface area contributed by atoms with Crippen molar-refractivity contribution in [1.29, 1.82) is 0 Å². The van der Waals surface area contributed by atoms with Crippen molar-refractivity contribution >= 4 is 6.09 Å². The summed E-state index contributed by atoms with van der Waals surface area (Å²) in [5, 5.41) is 3.62. The topological polar surface area (TPSA) is 59.0 Å². The summed E-state index contributed by atoms with van der Waals surface area (Å²) in [6, 6.07) is -0.0449. The first kappa shape index (κ1) is 9.95. The lowest BCUT2D eigenvalue weighted by Crippen LogP contribution is -2.34. The average Bonchev–Trinajstić information content (AvgIpc) is 2.59. The second-order valence-corrected chi connectivity index (χ2v) is 3.06. The molecule has 1 rings (SSSR count). The van der Waals surface area contributed by atoms with Crippen LogP contribution in [0.4, 0.5) is 4.79 Å². The van der Waals surface area contributed by atoms with E-state index >= 15 is 0 Å². The van der Waals surface area contributed by atoms with Crippen molar-refractivity contribution in [3.63, 3.8) is 0 Å². The molecular weight excluding hydrogens is 172 g/mol. The smallest absolute Gasteiger partial charge is 0.433 e. The first-order chi connectivity index (χ1) is 6.29. The van der Waals surface area contributed by atoms with E-state index in [0.29, 0.717) is 0 Å². The third-order valence-electron chi connectivity index (χ3n) is 2.21. The number of nitrogens with zero attached hydrogens (tertiary/aromatic N) is 2. The lowest BCUT2D eigenvalue weighted by atomic mass is 10.2. The molecule has 0 N–H and O–H groups in total. The summed E-state index contributed by atoms with van der Waals surface area (Å²) in [6.45, 7) is 1.98. The van der Waals surface area contributed by atoms with Crippen LogP contribution in [-0.2, 0) is 4.74 Å². The molecule has 0 radical (unpaired) electrons. The Labute approximate surface area is 77.0 Å². The third kappa shape index (κ3) is 2.40. The molecule has 0 saturated heterocycles. The minimum Gasteiger partial charge on any atom is -0.448 e. The predicted molar refractivity (Wildman–Crippen MR) is 46.9 cm³/mol. The van der Waals surface area contributed by atoms with Gasteiger partial charge in [-0.3, -0.25) is 0 Å². The Morgan fingerprint density at radius 1 is 1.54 bits per heavy atom. The molecule has 5 heteroatoms. The Morgan fingerprint density at radius 3 is 2.62 bits per heavy atom. The second kappa shape index (κ2) is 4.79. The van der Waals surface area contributed by atoms with Gasteiger partial charge < -0.3 is 4.74 Å². The van der Waals surface area contributed by atoms with Crippen LogP contribution in [0.1, 0.15) is 32.6 Å². The minimum atomic E-state index is -0.621. The van der Waals surface area contributed by atoms with Gasteiger partial charge in [0.05, 0.1) is 17.9 Å². The van der Waals surface area contributed by atoms with Gasteiger partial charge in [-0.15, -0.1) is 4.91 Å². The van der Waals surface area contributed by atoms with Crippen molar-refractivity contribution in [2.45, 2.75) is 38.6 Å². The van der Waals surface area contributed by atoms with E-state index in [-0.39, 0.29) is 12.6 Å². The number of hydrogen-bond acceptors (Lipinski definition) is 4. The van der Waals surface area contributed by atoms with Crippen molar-refractivity contribution in [3.8, 4) is 0 Å². The number of rotatable bonds is 3. The van der Waals surface area contributed by atoms with Crippen LogP contribution in [0.2, 0.25) is 0 Å². The van der Waals surface area contributed by atoms with Gasteiger partial charge in [0.2, 0.25) is 0 Å². The lowest BCUT2D eigenvalue weighted by molar-refractivity contribution is 0.0915. The van der Waals surface area contributed by atoms with Gasteiger partial charge in [0.15, 0.2) is 0 Å². The molecule has 1 aliphatic carbocycles. The molecule has 74 valence electrons. The zero-order valence-corrected chi connectivity index (χ0v) is 7.73. The first-order valence-electron chi connectivity index (χ1n) is 4.58. The highest BCUT2D eigenvalue weighted by atomic mass is 16.6. The highest BCUT2D eigenvalue weighted by Crippen LogP contribution is 2.24. The second-order valence-electron chi connectivity index (χ2n) is 3.06. The fourth-order valence-corrected chi connectivity index (χ4v) is 1.59. The van der Waals surface area contributed by atoms with Gasteiger partial charge in [-0.25, -0.2) is 4.79 Å². The Hall–Kier alpha value is -1.13. The summed E-state index contributed by atoms with van der Waals surface area (Å²) in [5.74, 6) is 0. The maximum absolute atomic E-state index is 11.2. The van der Waals surface area contributed by atoms with Crippen LogP contribution in [0.5, 0.6) is 0 Å². The standard InChI is InChI=1S/C8H14N2O3/c1-2-13-8(11)10(9-12)7-5-3-4-6-7/h7H,2-6H2,1H3. The van der Waals surface area contributed by atoms with Crippen LogP contribution >= 0.6 is 0 Å². The molecule has 0 heterocycles. The van der Waals surface area contributed by atoms with Crippen molar-refractivity contribution in [2.75, 3.05) is 6.61 Å². The van der Waals surface area contributed by atoms with Gasteiger partial charge in [-0.2, -0.15) is 5.01 Å². The predicted octanol–water partition coefficient (Wildman–Crippen LogP) is 2.07. The number of nitroso groups, excluding NO2 is 1. The Morgan fingerprint density at radius 2 is 2.15 bits per heavy atom. The van der Waals surface area contributed by atoms with E-state index in [2.05, 4.69) is 5.29 Å². The van der Waals surface area contributed by atoms with Crippen LogP contribution in [0.3, 0.4) is 0 Å². The highest BCUT2D eigenvalue weighted by molar-refractivity contribution is 5.67. The van der Waals surface area contributed by atoms with Crippen molar-refractivity contribution < 1.29 is 9.53 Å². The Bertz CT molecular complexity index is 190. The van der Waals surface area contributed by atoms with Gasteiger partial charge >= 0.3 is 6.09 Å². The summed E-state index contributed by atoms with van der Waals surface area (Å²) in [7, 11) is 0. The molecule has 0 unspecified atom stereocenters. The zero-order valence-electron chi connectivity index (χ0n) is 7.73. The van der Waals surface area contributed by atoms with E-state index < -0.39 is 6.09 Å². The summed E-state index contributed by atoms with van der Waals surface area (Å²) in [5.41, 5.74) is 0. The van der Waals surface area contributed by atoms with Crippen LogP contribution in [-0.4, -0.2) is 23.8 Å². The van der Waals surface area contributed by atoms with Crippen LogP contribution in [0.15, 0.2) is 5.29 Å². The summed E-state index contributed by atoms with van der Waals surface area (Å²) in [4.78, 5) is 21.6. The van der Waals surface area contributed by atoms with Gasteiger partial charge in [-0.05, 0) is 19.8 Å². The van der Waals surface area contributed by atoms with Crippen molar-refractivity contribution in [1.82, 2.24) is 5.01 Å². The van der Waals surface area contributed by atoms with Crippen LogP contribution < -0.4 is 0 Å². The number of carbonyl (C=O) groups is 1. The molecule has 0 aromatic carbocycles. The quantitative estimate of drug-likeness (QED) is 0.500. The molecule has 0 aromatic heterocycles. The van der Waals surface area contributed by atoms with E-state index in [1.165, 1.54) is 0 Å². The largest absolute Gasteiger partial charge is 0.448 e. The van der Waals surface area contributed by atoms with Gasteiger partial charge in [0.25, 0.3) is 0 Å². The molecule has 13 heavy (non-hydrogen) atoms. The molecule has 0 aromatic rings. The molecule has 1 fully saturated rings. The number of hydrogen-bond donors (Lipinski definition) is 0. The van der Waals surface area contributed by atoms with E-state index in [4.69, 9.17) is 4.74 Å². The molecule has 5 nitrogen and oxygen atoms in total. The lowest BCUT2D eigenvalue weighted by Gasteiger charge is -2.18. The maximum atomic E-state index is 11.2. The number of ether oxygens (including phenoxy) is 1. The molecule has 0 bridgehead atoms. The normalized spacial score (nSPS) is 17.0. The fourth-order valence-electron chi connectivity index (χ4n) is 1.59. The van der Waals surface area contributed by atoms with Gasteiger partial charge in [0.1, 0.15) is 0 Å². The monoisotopic (exact) mass is 186 g/mol. The molecular formula is C8H14N2O3. The van der Waals surface area contributed by atoms with Gasteiger partial charge in [-0.1, -0.05) is 12.8 Å². The van der Waals surface area contributed by atoms with E-state index in [1.54, 1.807) is 6.92 Å². The fraction of sp³-hybridized carbons (Fsp3) is 0.875. The molecule has 0 aliphatic heterocycles. The maximum Gasteiger partial charge on any atom is 0.433 e. The summed E-state index contributed by atoms with van der Waals surface area (Å²) >= 11 is 0. The molecule has 0 atom stereocenters. The Balaban J connectivity index is 2.49. The zero-order chi connectivity index (χ0) is 9.68. The third-order valence-corrected chi connectivity index (χ3v) is 2.21. The average molecular weight is 186 g/mol. The first-order valence-corrected chi connectivity index (χ1v) is 4.58. The molecule has 1 saturated carbocycles. The Kier molecular flexibility index (Phi) is 3.67. The number of amides is 1. The van der Waals surface area contributed by atoms with E-state index in [1.807, 2.05) is 0 Å². The molecule has 1 aliphatic rings. The van der Waals surface area contributed by atoms with Crippen molar-refractivity contribution in [3.05, 3.63) is 4.91 Å². The summed E-state index contributed by atoms with van der Waals surface area (Å²) in [6.07, 6.45) is 3.19. The van der Waals surface area contributed by atoms with Crippen LogP contribution in [0.25, 0.3) is 0 Å². The molecule has 0 spiro atoms. The van der Waals surface area contributed by atoms with Crippen molar-refractivity contribution in [2.24, 2.45) is 5.29 Å². The summed E-state index contributed by atoms with van der Waals surface area (Å²) < 4.78 is 4.70. The molecule has 1 amide bonds. The van der Waals surface area contributed by atoms with E-state index in [9.17, 15) is 9.70 Å². The van der Waals surface area contributed by atoms with E-state index in [0.717, 1.165) is 30.7 Å². The highest BCUT2D eigenvalue weighted by Gasteiger charge is 2.28. The number of carbonyl (C=O) groups excluding carboxylic acids is 1. The SMILES string of the molecule is CCOC(=O)N(N=O)C1CCCC1. The minimum absolute atomic E-state index is 0.0449.